The van der Waals surface area contributed by atoms with E-state index in [1.54, 1.807) is 0 Å². The Balaban J connectivity index is 1.35. The molecule has 5 aromatic rings. The lowest BCUT2D eigenvalue weighted by Gasteiger charge is -2.46. The Morgan fingerprint density at radius 2 is 0.762 bits per heavy atom. The van der Waals surface area contributed by atoms with E-state index in [1.165, 1.54) is 101 Å². The highest BCUT2D eigenvalue weighted by Gasteiger charge is 2.51. The van der Waals surface area contributed by atoms with Crippen LogP contribution in [0.25, 0.3) is 0 Å². The maximum Gasteiger partial charge on any atom is 0.252 e. The Morgan fingerprint density at radius 3 is 1.17 bits per heavy atom. The molecule has 10 rings (SSSR count). The summed E-state index contributed by atoms with van der Waals surface area (Å²) >= 11 is 0. The van der Waals surface area contributed by atoms with Gasteiger partial charge in [0.1, 0.15) is 0 Å². The molecule has 0 N–H and O–H groups in total. The SMILES string of the molecule is Cc1cc2c3c(c1)N(c1ccc4c(c1)C(C)(C)CC4(C)C)c1cc4c(cc1B3c1cc3c(cc1N2c1cc(C(C)(C)C)cc(C(C)(C)C)c1)C(C)(C)CC3(C)C)C(C)(C)CC4(C)C. The first-order chi connectivity index (χ1) is 28.8. The summed E-state index contributed by atoms with van der Waals surface area (Å²) in [6.07, 6.45) is 3.44. The van der Waals surface area contributed by atoms with Crippen LogP contribution < -0.4 is 26.2 Å². The van der Waals surface area contributed by atoms with Crippen LogP contribution in [-0.2, 0) is 43.3 Å². The van der Waals surface area contributed by atoms with Crippen molar-refractivity contribution in [2.45, 2.75) is 194 Å². The molecule has 0 saturated carbocycles. The van der Waals surface area contributed by atoms with Crippen LogP contribution in [0.15, 0.2) is 72.8 Å². The van der Waals surface area contributed by atoms with Crippen LogP contribution in [0.5, 0.6) is 0 Å². The van der Waals surface area contributed by atoms with Gasteiger partial charge in [-0.2, -0.15) is 0 Å². The number of hydrogen-bond donors (Lipinski definition) is 0. The van der Waals surface area contributed by atoms with Crippen molar-refractivity contribution in [2.24, 2.45) is 0 Å². The molecule has 0 radical (unpaired) electrons. The van der Waals surface area contributed by atoms with Crippen LogP contribution in [0.4, 0.5) is 34.1 Å². The van der Waals surface area contributed by atoms with E-state index in [0.717, 1.165) is 19.3 Å². The summed E-state index contributed by atoms with van der Waals surface area (Å²) in [5.41, 5.74) is 25.8. The summed E-state index contributed by atoms with van der Waals surface area (Å²) in [5, 5.41) is 0. The average molecular weight is 835 g/mol. The number of nitrogens with zero attached hydrogens (tertiary/aromatic N) is 2. The van der Waals surface area contributed by atoms with Gasteiger partial charge in [0, 0.05) is 34.1 Å². The van der Waals surface area contributed by atoms with Crippen molar-refractivity contribution >= 4 is 57.2 Å². The molecule has 0 atom stereocenters. The lowest BCUT2D eigenvalue weighted by molar-refractivity contribution is 0.403. The van der Waals surface area contributed by atoms with Crippen LogP contribution in [0.2, 0.25) is 0 Å². The molecule has 0 saturated heterocycles. The van der Waals surface area contributed by atoms with Crippen molar-refractivity contribution in [2.75, 3.05) is 9.80 Å². The number of rotatable bonds is 2. The van der Waals surface area contributed by atoms with E-state index in [0.29, 0.717) is 0 Å². The number of anilines is 6. The topological polar surface area (TPSA) is 6.48 Å². The number of hydrogen-bond acceptors (Lipinski definition) is 2. The molecular formula is C60H75BN2. The van der Waals surface area contributed by atoms with E-state index in [2.05, 4.69) is 214 Å². The van der Waals surface area contributed by atoms with Gasteiger partial charge in [0.2, 0.25) is 0 Å². The Bertz CT molecular complexity index is 2780. The average Bonchev–Trinajstić information content (AvgIpc) is 3.54. The third-order valence-corrected chi connectivity index (χ3v) is 16.7. The lowest BCUT2D eigenvalue weighted by atomic mass is 9.33. The summed E-state index contributed by atoms with van der Waals surface area (Å²) in [5.74, 6) is 0. The molecule has 328 valence electrons. The van der Waals surface area contributed by atoms with Gasteiger partial charge in [-0.3, -0.25) is 0 Å². The van der Waals surface area contributed by atoms with Crippen molar-refractivity contribution in [3.63, 3.8) is 0 Å². The molecule has 0 unspecified atom stereocenters. The number of benzene rings is 5. The number of aryl methyl sites for hydroxylation is 1. The van der Waals surface area contributed by atoms with E-state index < -0.39 is 0 Å². The highest BCUT2D eigenvalue weighted by molar-refractivity contribution is 7.00. The molecule has 0 fully saturated rings. The first-order valence-electron chi connectivity index (χ1n) is 24.3. The Labute approximate surface area is 382 Å². The molecule has 5 aliphatic rings. The molecule has 0 amide bonds. The van der Waals surface area contributed by atoms with Crippen LogP contribution in [0.3, 0.4) is 0 Å². The van der Waals surface area contributed by atoms with Gasteiger partial charge in [-0.05, 0) is 184 Å². The van der Waals surface area contributed by atoms with Crippen molar-refractivity contribution in [3.8, 4) is 0 Å². The molecule has 2 nitrogen and oxygen atoms in total. The van der Waals surface area contributed by atoms with E-state index in [9.17, 15) is 0 Å². The van der Waals surface area contributed by atoms with Gasteiger partial charge in [-0.1, -0.05) is 149 Å². The Kier molecular flexibility index (Phi) is 8.51. The van der Waals surface area contributed by atoms with Gasteiger partial charge in [0.15, 0.2) is 0 Å². The third kappa shape index (κ3) is 6.16. The fourth-order valence-corrected chi connectivity index (χ4v) is 14.3. The normalized spacial score (nSPS) is 21.1. The van der Waals surface area contributed by atoms with E-state index in [-0.39, 0.29) is 50.0 Å². The minimum absolute atomic E-state index is 0.0141. The van der Waals surface area contributed by atoms with Gasteiger partial charge < -0.3 is 9.80 Å². The fraction of sp³-hybridized carbons (Fsp3) is 0.500. The number of fused-ring (bicyclic) bond motifs is 7. The molecule has 5 aromatic carbocycles. The maximum atomic E-state index is 2.71. The van der Waals surface area contributed by atoms with Crippen LogP contribution in [-0.4, -0.2) is 6.71 Å². The molecule has 3 aliphatic carbocycles. The van der Waals surface area contributed by atoms with Gasteiger partial charge in [-0.25, -0.2) is 0 Å². The lowest BCUT2D eigenvalue weighted by Crippen LogP contribution is -2.62. The van der Waals surface area contributed by atoms with Crippen LogP contribution >= 0.6 is 0 Å². The van der Waals surface area contributed by atoms with E-state index in [4.69, 9.17) is 0 Å². The van der Waals surface area contributed by atoms with E-state index >= 15 is 0 Å². The zero-order valence-electron chi connectivity index (χ0n) is 42.5. The van der Waals surface area contributed by atoms with Crippen molar-refractivity contribution in [1.82, 2.24) is 0 Å². The standard InChI is InChI=1S/C60H75BN2/c1-35-22-50-52-51(23-35)63(39-25-36(53(2,3)4)24-37(26-39)54(5,6)7)49-31-45-43(58(14,15)34-60(45,18)19)29-47(49)61(52)46-28-42-44(59(16,17)33-57(42,12)13)30-48(46)62(50)38-20-21-40-41(27-38)56(10,11)32-55(40,8)9/h20-31H,32-34H2,1-19H3. The van der Waals surface area contributed by atoms with Crippen LogP contribution in [0.1, 0.15) is 194 Å². The third-order valence-electron chi connectivity index (χ3n) is 16.7. The highest BCUT2D eigenvalue weighted by Crippen LogP contribution is 2.56. The smallest absolute Gasteiger partial charge is 0.252 e. The summed E-state index contributed by atoms with van der Waals surface area (Å²) in [6, 6.07) is 30.8. The quantitative estimate of drug-likeness (QED) is 0.160. The molecule has 2 heterocycles. The molecule has 63 heavy (non-hydrogen) atoms. The Hall–Kier alpha value is -4.24. The van der Waals surface area contributed by atoms with Crippen molar-refractivity contribution in [1.29, 1.82) is 0 Å². The second kappa shape index (κ2) is 12.6. The first kappa shape index (κ1) is 42.7. The van der Waals surface area contributed by atoms with E-state index in [1.807, 2.05) is 0 Å². The Morgan fingerprint density at radius 1 is 0.397 bits per heavy atom. The van der Waals surface area contributed by atoms with Gasteiger partial charge in [0.25, 0.3) is 6.71 Å². The summed E-state index contributed by atoms with van der Waals surface area (Å²) in [6.45, 7) is 46.3. The summed E-state index contributed by atoms with van der Waals surface area (Å²) in [7, 11) is 0. The van der Waals surface area contributed by atoms with Gasteiger partial charge in [-0.15, -0.1) is 0 Å². The summed E-state index contributed by atoms with van der Waals surface area (Å²) in [4.78, 5) is 5.42. The first-order valence-corrected chi connectivity index (χ1v) is 24.3. The minimum atomic E-state index is -0.0141. The molecule has 3 heteroatoms. The largest absolute Gasteiger partial charge is 0.311 e. The second-order valence-corrected chi connectivity index (χ2v) is 27.1. The van der Waals surface area contributed by atoms with Crippen molar-refractivity contribution < 1.29 is 0 Å². The molecule has 0 bridgehead atoms. The van der Waals surface area contributed by atoms with Crippen molar-refractivity contribution in [3.05, 3.63) is 123 Å². The predicted molar refractivity (Wildman–Crippen MR) is 275 cm³/mol. The minimum Gasteiger partial charge on any atom is -0.311 e. The van der Waals surface area contributed by atoms with Crippen LogP contribution in [0, 0.1) is 6.92 Å². The zero-order valence-corrected chi connectivity index (χ0v) is 42.5. The maximum absolute atomic E-state index is 2.71. The summed E-state index contributed by atoms with van der Waals surface area (Å²) < 4.78 is 0. The van der Waals surface area contributed by atoms with Gasteiger partial charge >= 0.3 is 0 Å². The fourth-order valence-electron chi connectivity index (χ4n) is 14.3. The predicted octanol–water partition coefficient (Wildman–Crippen LogP) is 14.5. The monoisotopic (exact) mass is 835 g/mol. The second-order valence-electron chi connectivity index (χ2n) is 27.1. The zero-order chi connectivity index (χ0) is 45.7. The molecule has 2 aliphatic heterocycles. The molecular weight excluding hydrogens is 759 g/mol. The molecule has 0 spiro atoms. The molecule has 0 aromatic heterocycles. The highest BCUT2D eigenvalue weighted by atomic mass is 15.2. The van der Waals surface area contributed by atoms with Gasteiger partial charge in [0.05, 0.1) is 0 Å².